The monoisotopic (exact) mass is 490 g/mol. The maximum absolute atomic E-state index is 6.32. The number of hydrogen-bond acceptors (Lipinski definition) is 3. The van der Waals surface area contributed by atoms with Gasteiger partial charge in [0.05, 0.1) is 23.9 Å². The first-order valence-electron chi connectivity index (χ1n) is 8.98. The molecule has 1 aromatic carbocycles. The van der Waals surface area contributed by atoms with Crippen LogP contribution in [0, 0.1) is 0 Å². The Balaban J connectivity index is 0.00000243. The van der Waals surface area contributed by atoms with Crippen molar-refractivity contribution < 1.29 is 4.74 Å². The number of nitrogens with zero attached hydrogens (tertiary/aromatic N) is 3. The van der Waals surface area contributed by atoms with Gasteiger partial charge in [-0.2, -0.15) is 0 Å². The zero-order chi connectivity index (χ0) is 17.5. The molecule has 7 heteroatoms. The molecule has 0 unspecified atom stereocenters. The highest BCUT2D eigenvalue weighted by atomic mass is 127. The van der Waals surface area contributed by atoms with Crippen LogP contribution in [0.2, 0.25) is 5.02 Å². The van der Waals surface area contributed by atoms with Crippen LogP contribution in [0.1, 0.15) is 12.8 Å². The average molecular weight is 491 g/mol. The lowest BCUT2D eigenvalue weighted by Crippen LogP contribution is -2.52. The summed E-state index contributed by atoms with van der Waals surface area (Å²) in [7, 11) is 1.86. The molecule has 26 heavy (non-hydrogen) atoms. The van der Waals surface area contributed by atoms with Crippen molar-refractivity contribution in [1.29, 1.82) is 0 Å². The Bertz CT molecular complexity index is 630. The fourth-order valence-electron chi connectivity index (χ4n) is 3.33. The summed E-state index contributed by atoms with van der Waals surface area (Å²) in [5.41, 5.74) is 2.61. The van der Waals surface area contributed by atoms with Gasteiger partial charge in [-0.25, -0.2) is 0 Å². The summed E-state index contributed by atoms with van der Waals surface area (Å²) in [5, 5.41) is 4.32. The minimum absolute atomic E-state index is 0. The Labute approximate surface area is 178 Å². The molecule has 1 N–H and O–H groups in total. The molecule has 0 amide bonds. The second-order valence-corrected chi connectivity index (χ2v) is 6.74. The first kappa shape index (κ1) is 21.3. The third kappa shape index (κ3) is 5.76. The van der Waals surface area contributed by atoms with E-state index in [1.54, 1.807) is 0 Å². The summed E-state index contributed by atoms with van der Waals surface area (Å²) in [6.45, 7) is 6.32. The van der Waals surface area contributed by atoms with Gasteiger partial charge >= 0.3 is 0 Å². The summed E-state index contributed by atoms with van der Waals surface area (Å²) in [5.74, 6) is 0.992. The van der Waals surface area contributed by atoms with Crippen LogP contribution in [-0.2, 0) is 4.74 Å². The SMILES string of the molecule is CN=C(NCCC1=CCOCC1)N1CCN(c2ccccc2Cl)CC1.I. The number of nitrogens with one attached hydrogen (secondary N) is 1. The van der Waals surface area contributed by atoms with E-state index in [2.05, 4.69) is 32.3 Å². The largest absolute Gasteiger partial charge is 0.377 e. The molecule has 0 spiro atoms. The Kier molecular flexibility index (Phi) is 9.01. The normalized spacial score (nSPS) is 18.2. The van der Waals surface area contributed by atoms with Gasteiger partial charge in [0.2, 0.25) is 0 Å². The summed E-state index contributed by atoms with van der Waals surface area (Å²) in [6, 6.07) is 8.06. The maximum atomic E-state index is 6.32. The van der Waals surface area contributed by atoms with Gasteiger partial charge in [-0.3, -0.25) is 4.99 Å². The number of hydrogen-bond donors (Lipinski definition) is 1. The van der Waals surface area contributed by atoms with Crippen LogP contribution in [-0.4, -0.2) is 63.8 Å². The van der Waals surface area contributed by atoms with Crippen molar-refractivity contribution in [2.75, 3.05) is 57.9 Å². The third-order valence-corrected chi connectivity index (χ3v) is 5.09. The van der Waals surface area contributed by atoms with E-state index in [9.17, 15) is 0 Å². The predicted octanol–water partition coefficient (Wildman–Crippen LogP) is 3.39. The van der Waals surface area contributed by atoms with Crippen LogP contribution in [0.5, 0.6) is 0 Å². The lowest BCUT2D eigenvalue weighted by atomic mass is 10.1. The van der Waals surface area contributed by atoms with Crippen molar-refractivity contribution in [3.8, 4) is 0 Å². The van der Waals surface area contributed by atoms with Crippen LogP contribution >= 0.6 is 35.6 Å². The van der Waals surface area contributed by atoms with Crippen molar-refractivity contribution in [2.24, 2.45) is 4.99 Å². The van der Waals surface area contributed by atoms with E-state index < -0.39 is 0 Å². The molecular weight excluding hydrogens is 463 g/mol. The first-order valence-corrected chi connectivity index (χ1v) is 9.36. The van der Waals surface area contributed by atoms with Gasteiger partial charge in [0.25, 0.3) is 0 Å². The molecule has 0 aliphatic carbocycles. The van der Waals surface area contributed by atoms with Gasteiger partial charge in [-0.15, -0.1) is 24.0 Å². The minimum Gasteiger partial charge on any atom is -0.377 e. The third-order valence-electron chi connectivity index (χ3n) is 4.77. The van der Waals surface area contributed by atoms with Gasteiger partial charge in [0, 0.05) is 39.8 Å². The van der Waals surface area contributed by atoms with Gasteiger partial charge in [-0.05, 0) is 25.0 Å². The molecule has 2 aliphatic heterocycles. The van der Waals surface area contributed by atoms with Crippen molar-refractivity contribution in [3.63, 3.8) is 0 Å². The fourth-order valence-corrected chi connectivity index (χ4v) is 3.58. The van der Waals surface area contributed by atoms with Crippen molar-refractivity contribution >= 4 is 47.2 Å². The van der Waals surface area contributed by atoms with Gasteiger partial charge in [0.1, 0.15) is 0 Å². The number of aliphatic imine (C=N–C) groups is 1. The molecule has 0 aromatic heterocycles. The number of benzene rings is 1. The van der Waals surface area contributed by atoms with E-state index in [4.69, 9.17) is 16.3 Å². The average Bonchev–Trinajstić information content (AvgIpc) is 2.67. The lowest BCUT2D eigenvalue weighted by Gasteiger charge is -2.38. The molecule has 1 saturated heterocycles. The first-order chi connectivity index (χ1) is 12.3. The van der Waals surface area contributed by atoms with Crippen molar-refractivity contribution in [2.45, 2.75) is 12.8 Å². The van der Waals surface area contributed by atoms with Crippen LogP contribution in [0.15, 0.2) is 40.9 Å². The van der Waals surface area contributed by atoms with Crippen LogP contribution in [0.4, 0.5) is 5.69 Å². The van der Waals surface area contributed by atoms with Gasteiger partial charge < -0.3 is 19.9 Å². The number of anilines is 1. The lowest BCUT2D eigenvalue weighted by molar-refractivity contribution is 0.153. The Morgan fingerprint density at radius 2 is 2.00 bits per heavy atom. The molecule has 5 nitrogen and oxygen atoms in total. The number of para-hydroxylation sites is 1. The molecule has 144 valence electrons. The second-order valence-electron chi connectivity index (χ2n) is 6.34. The van der Waals surface area contributed by atoms with E-state index in [0.29, 0.717) is 0 Å². The highest BCUT2D eigenvalue weighted by Gasteiger charge is 2.20. The number of piperazine rings is 1. The highest BCUT2D eigenvalue weighted by molar-refractivity contribution is 14.0. The highest BCUT2D eigenvalue weighted by Crippen LogP contribution is 2.26. The van der Waals surface area contributed by atoms with Crippen LogP contribution in [0.3, 0.4) is 0 Å². The maximum Gasteiger partial charge on any atom is 0.193 e. The molecule has 2 heterocycles. The molecule has 3 rings (SSSR count). The van der Waals surface area contributed by atoms with E-state index in [-0.39, 0.29) is 24.0 Å². The fraction of sp³-hybridized carbons (Fsp3) is 0.526. The standard InChI is InChI=1S/C19H27ClN4O.HI/c1-21-19(22-9-6-16-7-14-25-15-8-16)24-12-10-23(11-13-24)18-5-3-2-4-17(18)20;/h2-5,7H,6,8-15H2,1H3,(H,21,22);1H. The van der Waals surface area contributed by atoms with Crippen LogP contribution in [0.25, 0.3) is 0 Å². The van der Waals surface area contributed by atoms with E-state index in [0.717, 1.165) is 75.4 Å². The molecule has 1 fully saturated rings. The zero-order valence-corrected chi connectivity index (χ0v) is 18.4. The predicted molar refractivity (Wildman–Crippen MR) is 120 cm³/mol. The van der Waals surface area contributed by atoms with Crippen molar-refractivity contribution in [1.82, 2.24) is 10.2 Å². The zero-order valence-electron chi connectivity index (χ0n) is 15.3. The number of halogens is 2. The minimum atomic E-state index is 0. The summed E-state index contributed by atoms with van der Waals surface area (Å²) < 4.78 is 5.36. The quantitative estimate of drug-likeness (QED) is 0.304. The molecular formula is C19H28ClIN4O. The second kappa shape index (κ2) is 11.0. The van der Waals surface area contributed by atoms with E-state index >= 15 is 0 Å². The van der Waals surface area contributed by atoms with Crippen molar-refractivity contribution in [3.05, 3.63) is 40.9 Å². The molecule has 0 saturated carbocycles. The molecule has 2 aliphatic rings. The van der Waals surface area contributed by atoms with Gasteiger partial charge in [-0.1, -0.05) is 35.4 Å². The summed E-state index contributed by atoms with van der Waals surface area (Å²) in [4.78, 5) is 9.12. The number of guanidine groups is 1. The summed E-state index contributed by atoms with van der Waals surface area (Å²) in [6.07, 6.45) is 4.31. The van der Waals surface area contributed by atoms with E-state index in [1.807, 2.05) is 25.2 Å². The molecule has 0 bridgehead atoms. The Morgan fingerprint density at radius 3 is 2.65 bits per heavy atom. The Morgan fingerprint density at radius 1 is 1.23 bits per heavy atom. The topological polar surface area (TPSA) is 40.1 Å². The van der Waals surface area contributed by atoms with E-state index in [1.165, 1.54) is 5.57 Å². The molecule has 0 radical (unpaired) electrons. The van der Waals surface area contributed by atoms with Gasteiger partial charge in [0.15, 0.2) is 5.96 Å². The summed E-state index contributed by atoms with van der Waals surface area (Å²) >= 11 is 6.32. The number of ether oxygens (including phenoxy) is 1. The molecule has 0 atom stereocenters. The smallest absolute Gasteiger partial charge is 0.193 e. The Hall–Kier alpha value is -0.990. The molecule has 1 aromatic rings. The number of rotatable bonds is 4. The van der Waals surface area contributed by atoms with Crippen LogP contribution < -0.4 is 10.2 Å².